The van der Waals surface area contributed by atoms with E-state index in [-0.39, 0.29) is 0 Å². The van der Waals surface area contributed by atoms with Crippen LogP contribution in [-0.4, -0.2) is 14.1 Å². The molecule has 0 amide bonds. The molecule has 266 valence electrons. The Hall–Kier alpha value is -7.69. The summed E-state index contributed by atoms with van der Waals surface area (Å²) in [6.07, 6.45) is 0. The summed E-state index contributed by atoms with van der Waals surface area (Å²) in [6.45, 7) is 0. The maximum Gasteiger partial charge on any atom is 0.162 e. The molecular weight excluding hydrogens is 695 g/mol. The standard InChI is InChI=1S/C53H33N3O/c1-4-16-35(17-5-1)43-32-37(33-44(54-43)36-18-6-2-7-19-36)34-28-30-39(31-29-34)55-45-25-13-10-22-40(45)48-49-41-23-11-14-26-46(41)56(38-20-8-3-9-21-38)52(49)53-50(51(48)55)42-24-12-15-27-47(42)57-53/h1-33H. The van der Waals surface area contributed by atoms with E-state index >= 15 is 0 Å². The first-order valence-corrected chi connectivity index (χ1v) is 19.4. The Morgan fingerprint density at radius 1 is 0.351 bits per heavy atom. The number of para-hydroxylation sites is 4. The predicted octanol–water partition coefficient (Wildman–Crippen LogP) is 14.2. The molecular formula is C53H33N3O. The monoisotopic (exact) mass is 727 g/mol. The summed E-state index contributed by atoms with van der Waals surface area (Å²) in [5, 5.41) is 7.04. The lowest BCUT2D eigenvalue weighted by Gasteiger charge is -2.13. The number of hydrogen-bond acceptors (Lipinski definition) is 2. The van der Waals surface area contributed by atoms with E-state index in [0.717, 1.165) is 89.0 Å². The third-order valence-electron chi connectivity index (χ3n) is 11.5. The highest BCUT2D eigenvalue weighted by atomic mass is 16.3. The number of furan rings is 1. The third-order valence-corrected chi connectivity index (χ3v) is 11.5. The lowest BCUT2D eigenvalue weighted by molar-refractivity contribution is 0.671. The third kappa shape index (κ3) is 4.77. The molecule has 4 heterocycles. The second-order valence-corrected chi connectivity index (χ2v) is 14.7. The summed E-state index contributed by atoms with van der Waals surface area (Å²) in [6, 6.07) is 71.0. The zero-order valence-electron chi connectivity index (χ0n) is 30.8. The van der Waals surface area contributed by atoms with Gasteiger partial charge in [0.25, 0.3) is 0 Å². The van der Waals surface area contributed by atoms with Crippen molar-refractivity contribution < 1.29 is 4.42 Å². The quantitative estimate of drug-likeness (QED) is 0.177. The number of aromatic nitrogens is 3. The second kappa shape index (κ2) is 12.4. The van der Waals surface area contributed by atoms with Gasteiger partial charge < -0.3 is 13.6 Å². The van der Waals surface area contributed by atoms with Crippen molar-refractivity contribution in [3.05, 3.63) is 200 Å². The van der Waals surface area contributed by atoms with Crippen molar-refractivity contribution in [3.63, 3.8) is 0 Å². The molecule has 0 fully saturated rings. The lowest BCUT2D eigenvalue weighted by atomic mass is 9.99. The molecule has 0 N–H and O–H groups in total. The normalized spacial score (nSPS) is 11.9. The molecule has 0 radical (unpaired) electrons. The van der Waals surface area contributed by atoms with Crippen LogP contribution in [0.2, 0.25) is 0 Å². The Labute approximate surface area is 328 Å². The largest absolute Gasteiger partial charge is 0.454 e. The molecule has 8 aromatic carbocycles. The molecule has 0 saturated heterocycles. The number of rotatable bonds is 5. The lowest BCUT2D eigenvalue weighted by Crippen LogP contribution is -1.96. The number of fused-ring (bicyclic) bond motifs is 12. The molecule has 0 saturated carbocycles. The van der Waals surface area contributed by atoms with Crippen LogP contribution < -0.4 is 0 Å². The Kier molecular flexibility index (Phi) is 6.89. The minimum absolute atomic E-state index is 0.874. The van der Waals surface area contributed by atoms with E-state index in [1.807, 2.05) is 12.1 Å². The molecule has 4 heteroatoms. The van der Waals surface area contributed by atoms with Gasteiger partial charge in [0.2, 0.25) is 0 Å². The van der Waals surface area contributed by atoms with Gasteiger partial charge in [0.05, 0.1) is 38.8 Å². The molecule has 0 aliphatic rings. The molecule has 0 bridgehead atoms. The molecule has 0 unspecified atom stereocenters. The van der Waals surface area contributed by atoms with Crippen molar-refractivity contribution >= 4 is 65.6 Å². The van der Waals surface area contributed by atoms with E-state index in [0.29, 0.717) is 0 Å². The topological polar surface area (TPSA) is 35.9 Å². The fourth-order valence-corrected chi connectivity index (χ4v) is 9.01. The fourth-order valence-electron chi connectivity index (χ4n) is 9.01. The van der Waals surface area contributed by atoms with E-state index in [4.69, 9.17) is 9.40 Å². The summed E-state index contributed by atoms with van der Waals surface area (Å²) in [7, 11) is 0. The first kappa shape index (κ1) is 31.6. The maximum atomic E-state index is 6.98. The Bertz CT molecular complexity index is 3430. The fraction of sp³-hybridized carbons (Fsp3) is 0. The van der Waals surface area contributed by atoms with Gasteiger partial charge in [-0.05, 0) is 65.7 Å². The number of pyridine rings is 1. The second-order valence-electron chi connectivity index (χ2n) is 14.7. The van der Waals surface area contributed by atoms with Crippen LogP contribution in [0.25, 0.3) is 111 Å². The predicted molar refractivity (Wildman–Crippen MR) is 237 cm³/mol. The van der Waals surface area contributed by atoms with Gasteiger partial charge in [0, 0.05) is 49.4 Å². The highest BCUT2D eigenvalue weighted by Crippen LogP contribution is 2.49. The first-order chi connectivity index (χ1) is 28.3. The molecule has 0 spiro atoms. The summed E-state index contributed by atoms with van der Waals surface area (Å²) in [5.41, 5.74) is 14.8. The van der Waals surface area contributed by atoms with Gasteiger partial charge in [0.1, 0.15) is 5.58 Å². The van der Waals surface area contributed by atoms with Crippen LogP contribution in [0.3, 0.4) is 0 Å². The first-order valence-electron chi connectivity index (χ1n) is 19.4. The van der Waals surface area contributed by atoms with Gasteiger partial charge in [-0.2, -0.15) is 0 Å². The van der Waals surface area contributed by atoms with Crippen molar-refractivity contribution in [2.24, 2.45) is 0 Å². The van der Waals surface area contributed by atoms with Crippen molar-refractivity contribution in [2.75, 3.05) is 0 Å². The Balaban J connectivity index is 1.16. The summed E-state index contributed by atoms with van der Waals surface area (Å²) < 4.78 is 11.8. The van der Waals surface area contributed by atoms with Gasteiger partial charge in [0.15, 0.2) is 5.58 Å². The number of nitrogens with zero attached hydrogens (tertiary/aromatic N) is 3. The molecule has 57 heavy (non-hydrogen) atoms. The minimum Gasteiger partial charge on any atom is -0.454 e. The van der Waals surface area contributed by atoms with Gasteiger partial charge >= 0.3 is 0 Å². The maximum absolute atomic E-state index is 6.98. The summed E-state index contributed by atoms with van der Waals surface area (Å²) in [5.74, 6) is 0. The van der Waals surface area contributed by atoms with Crippen LogP contribution in [0.4, 0.5) is 0 Å². The average molecular weight is 728 g/mol. The smallest absolute Gasteiger partial charge is 0.162 e. The van der Waals surface area contributed by atoms with E-state index in [9.17, 15) is 0 Å². The van der Waals surface area contributed by atoms with Gasteiger partial charge in [-0.25, -0.2) is 4.98 Å². The molecule has 0 atom stereocenters. The van der Waals surface area contributed by atoms with E-state index in [1.165, 1.54) is 21.5 Å². The van der Waals surface area contributed by atoms with Gasteiger partial charge in [-0.3, -0.25) is 0 Å². The Morgan fingerprint density at radius 2 is 0.825 bits per heavy atom. The number of benzene rings is 8. The van der Waals surface area contributed by atoms with Crippen molar-refractivity contribution in [3.8, 4) is 45.0 Å². The minimum atomic E-state index is 0.874. The van der Waals surface area contributed by atoms with Gasteiger partial charge in [-0.1, -0.05) is 146 Å². The SMILES string of the molecule is c1ccc(-c2cc(-c3ccc(-n4c5ccccc5c5c6c7ccccc7n(-c7ccccc7)c6c6oc7ccccc7c6c54)cc3)cc(-c3ccccc3)n2)cc1. The molecule has 12 rings (SSSR count). The van der Waals surface area contributed by atoms with Crippen LogP contribution in [0.1, 0.15) is 0 Å². The zero-order valence-corrected chi connectivity index (χ0v) is 30.8. The molecule has 0 aliphatic heterocycles. The number of hydrogen-bond donors (Lipinski definition) is 0. The van der Waals surface area contributed by atoms with E-state index < -0.39 is 0 Å². The van der Waals surface area contributed by atoms with E-state index in [2.05, 4.69) is 197 Å². The van der Waals surface area contributed by atoms with Crippen molar-refractivity contribution in [2.45, 2.75) is 0 Å². The molecule has 0 aliphatic carbocycles. The van der Waals surface area contributed by atoms with Crippen LogP contribution in [-0.2, 0) is 0 Å². The van der Waals surface area contributed by atoms with Gasteiger partial charge in [-0.15, -0.1) is 0 Å². The summed E-state index contributed by atoms with van der Waals surface area (Å²) in [4.78, 5) is 5.13. The van der Waals surface area contributed by atoms with Crippen LogP contribution >= 0.6 is 0 Å². The average Bonchev–Trinajstić information content (AvgIpc) is 3.95. The van der Waals surface area contributed by atoms with Crippen LogP contribution in [0, 0.1) is 0 Å². The van der Waals surface area contributed by atoms with E-state index in [1.54, 1.807) is 0 Å². The molecule has 12 aromatic rings. The van der Waals surface area contributed by atoms with Crippen molar-refractivity contribution in [1.82, 2.24) is 14.1 Å². The highest BCUT2D eigenvalue weighted by Gasteiger charge is 2.27. The van der Waals surface area contributed by atoms with Crippen LogP contribution in [0.15, 0.2) is 205 Å². The summed E-state index contributed by atoms with van der Waals surface area (Å²) >= 11 is 0. The van der Waals surface area contributed by atoms with Crippen LogP contribution in [0.5, 0.6) is 0 Å². The molecule has 4 aromatic heterocycles. The highest BCUT2D eigenvalue weighted by molar-refractivity contribution is 6.39. The Morgan fingerprint density at radius 3 is 1.44 bits per heavy atom. The molecule has 4 nitrogen and oxygen atoms in total. The zero-order chi connectivity index (χ0) is 37.5. The van der Waals surface area contributed by atoms with Crippen molar-refractivity contribution in [1.29, 1.82) is 0 Å².